The molecule has 1 amide bonds. The molecule has 2 aromatic carbocycles. The Morgan fingerprint density at radius 3 is 2.39 bits per heavy atom. The zero-order valence-electron chi connectivity index (χ0n) is 23.1. The molecular weight excluding hydrogens is 528 g/mol. The number of esters is 1. The number of hydrogen-bond acceptors (Lipinski definition) is 9. The van der Waals surface area contributed by atoms with Gasteiger partial charge in [-0.3, -0.25) is 19.2 Å². The highest BCUT2D eigenvalue weighted by molar-refractivity contribution is 6.21. The number of ether oxygens (including phenoxy) is 1. The molecule has 10 nitrogen and oxygen atoms in total. The van der Waals surface area contributed by atoms with Gasteiger partial charge in [-0.25, -0.2) is 0 Å². The number of benzene rings is 2. The maximum atomic E-state index is 13.7. The Kier molecular flexibility index (Phi) is 7.10. The highest BCUT2D eigenvalue weighted by Gasteiger charge is 2.51. The predicted molar refractivity (Wildman–Crippen MR) is 149 cm³/mol. The van der Waals surface area contributed by atoms with Crippen LogP contribution >= 0.6 is 0 Å². The molecule has 3 unspecified atom stereocenters. The number of carbonyl (C=O) groups is 4. The average Bonchev–Trinajstić information content (AvgIpc) is 2.88. The van der Waals surface area contributed by atoms with Crippen molar-refractivity contribution in [1.82, 2.24) is 0 Å². The fourth-order valence-corrected chi connectivity index (χ4v) is 6.36. The summed E-state index contributed by atoms with van der Waals surface area (Å²) < 4.78 is 5.40. The summed E-state index contributed by atoms with van der Waals surface area (Å²) in [5, 5.41) is 33.5. The van der Waals surface area contributed by atoms with Gasteiger partial charge in [0.15, 0.2) is 11.6 Å². The number of nitrogens with two attached hydrogens (primary N) is 1. The number of rotatable bonds is 6. The summed E-state index contributed by atoms with van der Waals surface area (Å²) >= 11 is 0. The molecule has 0 saturated heterocycles. The number of allylic oxidation sites excluding steroid dienone is 2. The van der Waals surface area contributed by atoms with E-state index in [9.17, 15) is 34.5 Å². The van der Waals surface area contributed by atoms with Crippen LogP contribution in [0.4, 0.5) is 5.69 Å². The molecule has 0 heterocycles. The number of carbonyl (C=O) groups excluding carboxylic acids is 4. The number of amides is 1. The van der Waals surface area contributed by atoms with E-state index in [-0.39, 0.29) is 36.1 Å². The summed E-state index contributed by atoms with van der Waals surface area (Å²) in [5.74, 6) is -5.89. The van der Waals surface area contributed by atoms with Crippen LogP contribution < -0.4 is 15.4 Å². The lowest BCUT2D eigenvalue weighted by Crippen LogP contribution is -2.44. The van der Waals surface area contributed by atoms with Crippen LogP contribution in [-0.4, -0.2) is 52.9 Å². The van der Waals surface area contributed by atoms with Crippen LogP contribution in [0.15, 0.2) is 47.2 Å². The van der Waals surface area contributed by atoms with E-state index in [0.717, 1.165) is 5.56 Å². The molecule has 3 aliphatic rings. The number of phenols is 1. The number of aromatic hydroxyl groups is 1. The molecule has 10 heteroatoms. The van der Waals surface area contributed by atoms with Crippen LogP contribution in [0.25, 0.3) is 5.76 Å². The number of Topliss-reactive ketones (excluding diaryl/α,β-unsaturated/α-hetero) is 2. The standard InChI is InChI=1S/C31H32N2O8/c1-14-4-7-18(8-5-14)41-22(35)9-6-15-12-20(33(2)3)19-11-16-10-17-13-21(34)26(31(32)40)30(39)24(17)28(37)23(16)29(38)25(19)27(15)36/h4-5,7-8,12,16-17,24,36,38-39H,6,9-11,13H2,1-3H3,(H2,32,40). The first-order valence-corrected chi connectivity index (χ1v) is 13.4. The Labute approximate surface area is 236 Å². The second-order valence-corrected chi connectivity index (χ2v) is 11.2. The molecule has 0 radical (unpaired) electrons. The first-order valence-electron chi connectivity index (χ1n) is 13.4. The number of anilines is 1. The van der Waals surface area contributed by atoms with Crippen molar-refractivity contribution in [2.24, 2.45) is 23.5 Å². The number of aliphatic hydroxyl groups excluding tert-OH is 2. The number of hydrogen-bond donors (Lipinski definition) is 4. The minimum atomic E-state index is -1.18. The van der Waals surface area contributed by atoms with E-state index in [2.05, 4.69) is 0 Å². The van der Waals surface area contributed by atoms with E-state index in [1.54, 1.807) is 18.2 Å². The molecule has 2 aromatic rings. The van der Waals surface area contributed by atoms with E-state index >= 15 is 0 Å². The Bertz CT molecular complexity index is 1550. The van der Waals surface area contributed by atoms with Gasteiger partial charge in [-0.2, -0.15) is 0 Å². The number of fused-ring (bicyclic) bond motifs is 3. The molecule has 0 aromatic heterocycles. The van der Waals surface area contributed by atoms with Crippen LogP contribution in [0.1, 0.15) is 41.5 Å². The van der Waals surface area contributed by atoms with E-state index in [1.807, 2.05) is 38.1 Å². The van der Waals surface area contributed by atoms with Crippen LogP contribution in [0.2, 0.25) is 0 Å². The van der Waals surface area contributed by atoms with Gasteiger partial charge < -0.3 is 30.7 Å². The van der Waals surface area contributed by atoms with Gasteiger partial charge in [0.2, 0.25) is 0 Å². The molecule has 3 atom stereocenters. The van der Waals surface area contributed by atoms with Crippen LogP contribution in [-0.2, 0) is 32.0 Å². The molecule has 214 valence electrons. The Morgan fingerprint density at radius 2 is 1.76 bits per heavy atom. The van der Waals surface area contributed by atoms with Crippen LogP contribution in [0.5, 0.6) is 11.5 Å². The predicted octanol–water partition coefficient (Wildman–Crippen LogP) is 3.22. The summed E-state index contributed by atoms with van der Waals surface area (Å²) in [4.78, 5) is 52.4. The molecule has 1 fully saturated rings. The third kappa shape index (κ3) is 4.83. The van der Waals surface area contributed by atoms with Crippen molar-refractivity contribution in [1.29, 1.82) is 0 Å². The maximum Gasteiger partial charge on any atom is 0.311 e. The van der Waals surface area contributed by atoms with Gasteiger partial charge in [0.1, 0.15) is 28.6 Å². The summed E-state index contributed by atoms with van der Waals surface area (Å²) in [6.07, 6.45) is 0.583. The van der Waals surface area contributed by atoms with Crippen molar-refractivity contribution in [3.63, 3.8) is 0 Å². The number of phenolic OH excluding ortho intramolecular Hbond substituents is 1. The summed E-state index contributed by atoms with van der Waals surface area (Å²) in [6, 6.07) is 8.81. The molecule has 41 heavy (non-hydrogen) atoms. The molecule has 0 spiro atoms. The Hall–Kier alpha value is -4.60. The fourth-order valence-electron chi connectivity index (χ4n) is 6.36. The molecule has 5 rings (SSSR count). The first kappa shape index (κ1) is 27.9. The molecular formula is C31H32N2O8. The zero-order chi connectivity index (χ0) is 29.7. The lowest BCUT2D eigenvalue weighted by molar-refractivity contribution is -0.134. The number of aliphatic hydroxyl groups is 2. The zero-order valence-corrected chi connectivity index (χ0v) is 23.1. The van der Waals surface area contributed by atoms with Gasteiger partial charge in [0.25, 0.3) is 5.91 Å². The van der Waals surface area contributed by atoms with E-state index in [1.165, 1.54) is 0 Å². The quantitative estimate of drug-likeness (QED) is 0.236. The smallest absolute Gasteiger partial charge is 0.311 e. The average molecular weight is 561 g/mol. The summed E-state index contributed by atoms with van der Waals surface area (Å²) in [7, 11) is 3.63. The Morgan fingerprint density at radius 1 is 1.07 bits per heavy atom. The first-order chi connectivity index (χ1) is 19.4. The van der Waals surface area contributed by atoms with Crippen molar-refractivity contribution < 1.29 is 39.2 Å². The van der Waals surface area contributed by atoms with Crippen molar-refractivity contribution in [3.8, 4) is 11.5 Å². The van der Waals surface area contributed by atoms with Crippen molar-refractivity contribution in [2.75, 3.05) is 19.0 Å². The van der Waals surface area contributed by atoms with Crippen molar-refractivity contribution in [3.05, 3.63) is 69.5 Å². The monoisotopic (exact) mass is 560 g/mol. The minimum Gasteiger partial charge on any atom is -0.511 e. The number of aryl methyl sites for hydroxylation is 2. The van der Waals surface area contributed by atoms with Crippen molar-refractivity contribution in [2.45, 2.75) is 39.0 Å². The van der Waals surface area contributed by atoms with E-state index < -0.39 is 58.3 Å². The third-order valence-corrected chi connectivity index (χ3v) is 8.28. The highest BCUT2D eigenvalue weighted by Crippen LogP contribution is 2.52. The molecule has 3 aliphatic carbocycles. The largest absolute Gasteiger partial charge is 0.511 e. The van der Waals surface area contributed by atoms with Gasteiger partial charge in [-0.05, 0) is 67.3 Å². The molecule has 5 N–H and O–H groups in total. The topological polar surface area (TPSA) is 167 Å². The van der Waals surface area contributed by atoms with Gasteiger partial charge in [-0.15, -0.1) is 0 Å². The van der Waals surface area contributed by atoms with Gasteiger partial charge >= 0.3 is 5.97 Å². The highest BCUT2D eigenvalue weighted by atomic mass is 16.5. The summed E-state index contributed by atoms with van der Waals surface area (Å²) in [5.41, 5.74) is 7.62. The number of nitrogens with zero attached hydrogens (tertiary/aromatic N) is 1. The number of ketones is 2. The molecule has 0 bridgehead atoms. The van der Waals surface area contributed by atoms with Gasteiger partial charge in [0, 0.05) is 31.8 Å². The number of primary amides is 1. The van der Waals surface area contributed by atoms with Gasteiger partial charge in [-0.1, -0.05) is 17.7 Å². The molecule has 1 saturated carbocycles. The van der Waals surface area contributed by atoms with Crippen LogP contribution in [0, 0.1) is 24.7 Å². The lowest BCUT2D eigenvalue weighted by atomic mass is 9.61. The normalized spacial score (nSPS) is 21.7. The maximum absolute atomic E-state index is 13.7. The second kappa shape index (κ2) is 10.4. The minimum absolute atomic E-state index is 0.0411. The van der Waals surface area contributed by atoms with E-state index in [0.29, 0.717) is 35.4 Å². The fraction of sp³-hybridized carbons (Fsp3) is 0.355. The lowest BCUT2D eigenvalue weighted by Gasteiger charge is -2.41. The van der Waals surface area contributed by atoms with E-state index in [4.69, 9.17) is 10.5 Å². The van der Waals surface area contributed by atoms with Crippen LogP contribution in [0.3, 0.4) is 0 Å². The van der Waals surface area contributed by atoms with Crippen molar-refractivity contribution >= 4 is 34.9 Å². The third-order valence-electron chi connectivity index (χ3n) is 8.28. The van der Waals surface area contributed by atoms with Gasteiger partial charge in [0.05, 0.1) is 17.9 Å². The second-order valence-electron chi connectivity index (χ2n) is 11.2. The SMILES string of the molecule is Cc1ccc(OC(=O)CCc2cc(N(C)C)c3c(c2O)C(O)=C2C(=O)C4C(O)=C(C(N)=O)C(=O)CC4CC2C3)cc1. The molecule has 0 aliphatic heterocycles. The summed E-state index contributed by atoms with van der Waals surface area (Å²) in [6.45, 7) is 1.92. The Balaban J connectivity index is 1.51.